The van der Waals surface area contributed by atoms with Crippen molar-refractivity contribution < 1.29 is 0 Å². The van der Waals surface area contributed by atoms with Crippen LogP contribution in [0.1, 0.15) is 37.8 Å². The second-order valence-corrected chi connectivity index (χ2v) is 5.78. The van der Waals surface area contributed by atoms with Gasteiger partial charge in [-0.15, -0.1) is 0 Å². The molecule has 0 saturated heterocycles. The van der Waals surface area contributed by atoms with Crippen LogP contribution in [0, 0.1) is 5.41 Å². The van der Waals surface area contributed by atoms with Crippen LogP contribution in [-0.4, -0.2) is 33.5 Å². The zero-order valence-corrected chi connectivity index (χ0v) is 13.0. The van der Waals surface area contributed by atoms with E-state index in [9.17, 15) is 0 Å². The van der Waals surface area contributed by atoms with Crippen LogP contribution in [0.15, 0.2) is 24.4 Å². The molecular formula is C15H23N5S. The quantitative estimate of drug-likeness (QED) is 0.451. The zero-order valence-electron chi connectivity index (χ0n) is 12.2. The highest BCUT2D eigenvalue weighted by Gasteiger charge is 2.18. The predicted molar refractivity (Wildman–Crippen MR) is 89.2 cm³/mol. The van der Waals surface area contributed by atoms with Crippen molar-refractivity contribution in [3.63, 3.8) is 0 Å². The predicted octanol–water partition coefficient (Wildman–Crippen LogP) is 2.03. The second kappa shape index (κ2) is 7.93. The molecule has 1 aromatic rings. The zero-order chi connectivity index (χ0) is 15.1. The molecule has 0 spiro atoms. The van der Waals surface area contributed by atoms with E-state index in [1.54, 1.807) is 11.1 Å². The number of rotatable bonds is 4. The number of aromatic nitrogens is 1. The smallest absolute Gasteiger partial charge is 0.194 e. The fraction of sp³-hybridized carbons (Fsp3) is 0.533. The van der Waals surface area contributed by atoms with E-state index in [0.717, 1.165) is 18.5 Å². The average Bonchev–Trinajstić information content (AvgIpc) is 2.49. The molecule has 1 fully saturated rings. The number of nitrogens with zero attached hydrogens (tertiary/aromatic N) is 2. The summed E-state index contributed by atoms with van der Waals surface area (Å²) >= 11 is 5.42. The molecule has 1 saturated carbocycles. The van der Waals surface area contributed by atoms with E-state index in [2.05, 4.69) is 10.3 Å². The van der Waals surface area contributed by atoms with Gasteiger partial charge in [-0.3, -0.25) is 15.3 Å². The molecule has 1 heterocycles. The first-order valence-electron chi connectivity index (χ1n) is 7.49. The van der Waals surface area contributed by atoms with Crippen LogP contribution in [-0.2, 0) is 6.42 Å². The van der Waals surface area contributed by atoms with E-state index < -0.39 is 0 Å². The van der Waals surface area contributed by atoms with Gasteiger partial charge in [0.25, 0.3) is 0 Å². The third-order valence-corrected chi connectivity index (χ3v) is 4.12. The van der Waals surface area contributed by atoms with Crippen LogP contribution in [0.5, 0.6) is 0 Å². The minimum Gasteiger partial charge on any atom is -0.370 e. The summed E-state index contributed by atoms with van der Waals surface area (Å²) in [5.41, 5.74) is 6.64. The minimum absolute atomic E-state index is 0.0146. The molecule has 1 aliphatic carbocycles. The Morgan fingerprint density at radius 3 is 2.76 bits per heavy atom. The summed E-state index contributed by atoms with van der Waals surface area (Å²) in [6.45, 7) is 0.574. The molecule has 6 heteroatoms. The van der Waals surface area contributed by atoms with Gasteiger partial charge in [0.1, 0.15) is 0 Å². The molecule has 114 valence electrons. The lowest BCUT2D eigenvalue weighted by atomic mass is 9.96. The number of hydrogen-bond donors (Lipinski definition) is 3. The standard InChI is InChI=1S/C15H23N5S/c16-14(17)20(11-9-12-6-4-5-10-18-12)15(21)19-13-7-2-1-3-8-13/h4-6,10,13H,1-3,7-9,11H2,(H3,16,17)(H,19,21). The molecule has 1 aliphatic rings. The first-order valence-corrected chi connectivity index (χ1v) is 7.89. The Labute approximate surface area is 131 Å². The topological polar surface area (TPSA) is 78.0 Å². The SMILES string of the molecule is N=C(N)N(CCc1ccccn1)C(=S)NC1CCCCC1. The van der Waals surface area contributed by atoms with Crippen molar-refractivity contribution in [1.82, 2.24) is 15.2 Å². The van der Waals surface area contributed by atoms with Crippen LogP contribution in [0.2, 0.25) is 0 Å². The number of pyridine rings is 1. The van der Waals surface area contributed by atoms with E-state index in [-0.39, 0.29) is 5.96 Å². The van der Waals surface area contributed by atoms with Crippen LogP contribution in [0.3, 0.4) is 0 Å². The monoisotopic (exact) mass is 305 g/mol. The fourth-order valence-electron chi connectivity index (χ4n) is 2.60. The summed E-state index contributed by atoms with van der Waals surface area (Å²) < 4.78 is 0. The Bertz CT molecular complexity index is 470. The summed E-state index contributed by atoms with van der Waals surface area (Å²) in [6, 6.07) is 6.24. The molecule has 2 rings (SSSR count). The summed E-state index contributed by atoms with van der Waals surface area (Å²) in [6.07, 6.45) is 8.57. The molecule has 4 N–H and O–H groups in total. The van der Waals surface area contributed by atoms with E-state index in [1.807, 2.05) is 18.2 Å². The van der Waals surface area contributed by atoms with Crippen molar-refractivity contribution in [2.45, 2.75) is 44.6 Å². The van der Waals surface area contributed by atoms with Gasteiger partial charge in [-0.1, -0.05) is 25.3 Å². The van der Waals surface area contributed by atoms with Crippen LogP contribution >= 0.6 is 12.2 Å². The highest BCUT2D eigenvalue weighted by Crippen LogP contribution is 2.17. The molecule has 0 aliphatic heterocycles. The third-order valence-electron chi connectivity index (χ3n) is 3.79. The molecule has 1 aromatic heterocycles. The van der Waals surface area contributed by atoms with Gasteiger partial charge in [0.15, 0.2) is 11.1 Å². The first kappa shape index (κ1) is 15.7. The molecule has 0 radical (unpaired) electrons. The van der Waals surface area contributed by atoms with Crippen molar-refractivity contribution >= 4 is 23.3 Å². The number of nitrogens with one attached hydrogen (secondary N) is 2. The van der Waals surface area contributed by atoms with Crippen LogP contribution in [0.4, 0.5) is 0 Å². The van der Waals surface area contributed by atoms with Crippen molar-refractivity contribution in [2.24, 2.45) is 5.73 Å². The highest BCUT2D eigenvalue weighted by atomic mass is 32.1. The molecule has 21 heavy (non-hydrogen) atoms. The van der Waals surface area contributed by atoms with Crippen molar-refractivity contribution in [1.29, 1.82) is 5.41 Å². The third kappa shape index (κ3) is 4.97. The first-order chi connectivity index (χ1) is 10.2. The van der Waals surface area contributed by atoms with Crippen molar-refractivity contribution in [2.75, 3.05) is 6.54 Å². The van der Waals surface area contributed by atoms with Gasteiger partial charge in [0, 0.05) is 30.9 Å². The largest absolute Gasteiger partial charge is 0.370 e. The number of nitrogens with two attached hydrogens (primary N) is 1. The van der Waals surface area contributed by atoms with Crippen LogP contribution < -0.4 is 11.1 Å². The van der Waals surface area contributed by atoms with E-state index in [0.29, 0.717) is 24.1 Å². The lowest BCUT2D eigenvalue weighted by molar-refractivity contribution is 0.403. The van der Waals surface area contributed by atoms with Gasteiger partial charge in [-0.25, -0.2) is 0 Å². The van der Waals surface area contributed by atoms with E-state index >= 15 is 0 Å². The van der Waals surface area contributed by atoms with Gasteiger partial charge in [0.2, 0.25) is 0 Å². The number of guanidine groups is 1. The molecule has 0 unspecified atom stereocenters. The fourth-order valence-corrected chi connectivity index (χ4v) is 2.96. The molecular weight excluding hydrogens is 282 g/mol. The molecule has 0 aromatic carbocycles. The molecule has 0 atom stereocenters. The normalized spacial score (nSPS) is 15.4. The maximum absolute atomic E-state index is 7.72. The summed E-state index contributed by atoms with van der Waals surface area (Å²) in [5, 5.41) is 11.6. The maximum atomic E-state index is 7.72. The highest BCUT2D eigenvalue weighted by molar-refractivity contribution is 7.80. The van der Waals surface area contributed by atoms with Crippen molar-refractivity contribution in [3.05, 3.63) is 30.1 Å². The number of hydrogen-bond acceptors (Lipinski definition) is 3. The maximum Gasteiger partial charge on any atom is 0.194 e. The lowest BCUT2D eigenvalue weighted by Crippen LogP contribution is -2.50. The molecule has 5 nitrogen and oxygen atoms in total. The lowest BCUT2D eigenvalue weighted by Gasteiger charge is -2.29. The van der Waals surface area contributed by atoms with Crippen molar-refractivity contribution in [3.8, 4) is 0 Å². The number of thiocarbonyl (C=S) groups is 1. The van der Waals surface area contributed by atoms with Gasteiger partial charge < -0.3 is 11.1 Å². The molecule has 0 amide bonds. The summed E-state index contributed by atoms with van der Waals surface area (Å²) in [7, 11) is 0. The Kier molecular flexibility index (Phi) is 5.92. The Balaban J connectivity index is 1.88. The summed E-state index contributed by atoms with van der Waals surface area (Å²) in [5.74, 6) is -0.0146. The van der Waals surface area contributed by atoms with Crippen LogP contribution in [0.25, 0.3) is 0 Å². The minimum atomic E-state index is -0.0146. The van der Waals surface area contributed by atoms with E-state index in [4.69, 9.17) is 23.4 Å². The molecule has 0 bridgehead atoms. The van der Waals surface area contributed by atoms with Gasteiger partial charge >= 0.3 is 0 Å². The second-order valence-electron chi connectivity index (χ2n) is 5.39. The Morgan fingerprint density at radius 2 is 2.14 bits per heavy atom. The van der Waals surface area contributed by atoms with E-state index in [1.165, 1.54) is 19.3 Å². The summed E-state index contributed by atoms with van der Waals surface area (Å²) in [4.78, 5) is 5.93. The Hall–Kier alpha value is -1.69. The van der Waals surface area contributed by atoms with Gasteiger partial charge in [0.05, 0.1) is 0 Å². The Morgan fingerprint density at radius 1 is 1.38 bits per heavy atom. The van der Waals surface area contributed by atoms with Gasteiger partial charge in [-0.05, 0) is 37.2 Å². The van der Waals surface area contributed by atoms with Gasteiger partial charge in [-0.2, -0.15) is 0 Å². The average molecular weight is 305 g/mol.